The number of hydrogen-bond acceptors (Lipinski definition) is 5. The van der Waals surface area contributed by atoms with E-state index in [4.69, 9.17) is 9.47 Å². The van der Waals surface area contributed by atoms with E-state index in [0.717, 1.165) is 17.0 Å². The van der Waals surface area contributed by atoms with E-state index in [2.05, 4.69) is 10.3 Å². The average molecular weight is 421 g/mol. The molecular formula is C24H27N3O4. The summed E-state index contributed by atoms with van der Waals surface area (Å²) in [6, 6.07) is 14.8. The summed E-state index contributed by atoms with van der Waals surface area (Å²) >= 11 is 0. The minimum absolute atomic E-state index is 0.0447. The Bertz CT molecular complexity index is 1030. The molecule has 1 heterocycles. The molecule has 0 spiro atoms. The molecule has 0 aliphatic carbocycles. The van der Waals surface area contributed by atoms with Gasteiger partial charge in [0, 0.05) is 30.2 Å². The lowest BCUT2D eigenvalue weighted by Crippen LogP contribution is -2.27. The first-order chi connectivity index (χ1) is 14.7. The molecule has 31 heavy (non-hydrogen) atoms. The van der Waals surface area contributed by atoms with Gasteiger partial charge in [-0.25, -0.2) is 9.78 Å². The van der Waals surface area contributed by atoms with Gasteiger partial charge in [-0.15, -0.1) is 0 Å². The fourth-order valence-corrected chi connectivity index (χ4v) is 3.01. The molecule has 0 aliphatic heterocycles. The highest BCUT2D eigenvalue weighted by Crippen LogP contribution is 2.18. The van der Waals surface area contributed by atoms with Gasteiger partial charge in [0.25, 0.3) is 0 Å². The van der Waals surface area contributed by atoms with Crippen molar-refractivity contribution in [3.05, 3.63) is 72.3 Å². The van der Waals surface area contributed by atoms with Crippen LogP contribution in [0, 0.1) is 0 Å². The van der Waals surface area contributed by atoms with Gasteiger partial charge in [0.1, 0.15) is 11.4 Å². The van der Waals surface area contributed by atoms with E-state index >= 15 is 0 Å². The quantitative estimate of drug-likeness (QED) is 0.540. The number of aromatic nitrogens is 2. The Labute approximate surface area is 182 Å². The van der Waals surface area contributed by atoms with Crippen molar-refractivity contribution < 1.29 is 19.1 Å². The number of amides is 1. The molecule has 7 nitrogen and oxygen atoms in total. The van der Waals surface area contributed by atoms with Gasteiger partial charge in [0.05, 0.1) is 7.11 Å². The second-order valence-electron chi connectivity index (χ2n) is 8.07. The molecule has 0 unspecified atom stereocenters. The van der Waals surface area contributed by atoms with Gasteiger partial charge in [0.15, 0.2) is 11.6 Å². The molecule has 7 heteroatoms. The van der Waals surface area contributed by atoms with E-state index in [9.17, 15) is 9.59 Å². The first-order valence-electron chi connectivity index (χ1n) is 10.0. The zero-order valence-corrected chi connectivity index (χ0v) is 18.2. The molecule has 1 aromatic heterocycles. The molecule has 0 fully saturated rings. The third kappa shape index (κ3) is 6.18. The number of rotatable bonds is 7. The van der Waals surface area contributed by atoms with Crippen LogP contribution < -0.4 is 10.1 Å². The third-order valence-electron chi connectivity index (χ3n) is 4.48. The number of Topliss-reactive ketones (excluding diaryl/α,β-unsaturated/α-hetero) is 1. The Kier molecular flexibility index (Phi) is 6.74. The highest BCUT2D eigenvalue weighted by Gasteiger charge is 2.17. The maximum absolute atomic E-state index is 12.8. The summed E-state index contributed by atoms with van der Waals surface area (Å²) < 4.78 is 12.2. The van der Waals surface area contributed by atoms with Gasteiger partial charge in [-0.1, -0.05) is 12.1 Å². The van der Waals surface area contributed by atoms with E-state index in [1.807, 2.05) is 57.2 Å². The molecule has 1 amide bonds. The molecule has 3 aromatic rings. The second kappa shape index (κ2) is 9.47. The largest absolute Gasteiger partial charge is 0.497 e. The Morgan fingerprint density at radius 1 is 1.03 bits per heavy atom. The van der Waals surface area contributed by atoms with E-state index in [1.54, 1.807) is 36.2 Å². The number of aryl methyl sites for hydroxylation is 1. The molecule has 3 rings (SSSR count). The summed E-state index contributed by atoms with van der Waals surface area (Å²) in [5, 5.41) is 2.70. The van der Waals surface area contributed by atoms with Crippen molar-refractivity contribution >= 4 is 17.6 Å². The van der Waals surface area contributed by atoms with Crippen molar-refractivity contribution in [3.8, 4) is 11.4 Å². The van der Waals surface area contributed by atoms with Crippen LogP contribution in [-0.2, 0) is 11.2 Å². The predicted molar refractivity (Wildman–Crippen MR) is 119 cm³/mol. The maximum atomic E-state index is 12.8. The number of nitrogens with zero attached hydrogens (tertiary/aromatic N) is 2. The second-order valence-corrected chi connectivity index (χ2v) is 8.07. The van der Waals surface area contributed by atoms with Gasteiger partial charge < -0.3 is 9.47 Å². The van der Waals surface area contributed by atoms with Crippen molar-refractivity contribution in [2.75, 3.05) is 12.4 Å². The minimum atomic E-state index is -0.554. The average Bonchev–Trinajstić information content (AvgIpc) is 3.21. The molecule has 0 bridgehead atoms. The molecule has 0 saturated heterocycles. The van der Waals surface area contributed by atoms with Crippen molar-refractivity contribution in [3.63, 3.8) is 0 Å². The van der Waals surface area contributed by atoms with Gasteiger partial charge in [-0.05, 0) is 69.2 Å². The molecule has 0 aliphatic rings. The van der Waals surface area contributed by atoms with Crippen LogP contribution in [0.1, 0.15) is 43.4 Å². The number of methoxy groups -OCH3 is 1. The Morgan fingerprint density at radius 2 is 1.71 bits per heavy atom. The summed E-state index contributed by atoms with van der Waals surface area (Å²) in [7, 11) is 1.61. The lowest BCUT2D eigenvalue weighted by molar-refractivity contribution is 0.0635. The topological polar surface area (TPSA) is 82.5 Å². The molecule has 0 atom stereocenters. The Morgan fingerprint density at radius 3 is 2.32 bits per heavy atom. The summed E-state index contributed by atoms with van der Waals surface area (Å²) in [5.41, 5.74) is 1.92. The minimum Gasteiger partial charge on any atom is -0.497 e. The highest BCUT2D eigenvalue weighted by molar-refractivity contribution is 5.93. The smallest absolute Gasteiger partial charge is 0.412 e. The lowest BCUT2D eigenvalue weighted by atomic mass is 10.1. The van der Waals surface area contributed by atoms with Crippen molar-refractivity contribution in [1.82, 2.24) is 9.55 Å². The zero-order valence-electron chi connectivity index (χ0n) is 18.2. The molecule has 0 radical (unpaired) electrons. The lowest BCUT2D eigenvalue weighted by Gasteiger charge is -2.19. The standard InChI is InChI=1S/C24H27N3O4/c1-24(2,3)31-23(29)26-18-8-5-17(6-9-18)7-14-21(28)22-25-15-16-27(22)19-10-12-20(30-4)13-11-19/h5-6,8-13,15-16H,7,14H2,1-4H3,(H,26,29). The summed E-state index contributed by atoms with van der Waals surface area (Å²) in [6.45, 7) is 5.44. The number of nitrogens with one attached hydrogen (secondary N) is 1. The summed E-state index contributed by atoms with van der Waals surface area (Å²) in [6.07, 6.45) is 3.79. The fraction of sp³-hybridized carbons (Fsp3) is 0.292. The van der Waals surface area contributed by atoms with Crippen LogP contribution in [0.15, 0.2) is 60.9 Å². The number of anilines is 1. The molecular weight excluding hydrogens is 394 g/mol. The van der Waals surface area contributed by atoms with Crippen molar-refractivity contribution in [1.29, 1.82) is 0 Å². The fourth-order valence-electron chi connectivity index (χ4n) is 3.01. The van der Waals surface area contributed by atoms with Crippen LogP contribution in [-0.4, -0.2) is 34.1 Å². The number of ketones is 1. The number of carbonyl (C=O) groups is 2. The SMILES string of the molecule is COc1ccc(-n2ccnc2C(=O)CCc2ccc(NC(=O)OC(C)(C)C)cc2)cc1. The molecule has 2 aromatic carbocycles. The maximum Gasteiger partial charge on any atom is 0.412 e. The highest BCUT2D eigenvalue weighted by atomic mass is 16.6. The Hall–Kier alpha value is -3.61. The summed E-state index contributed by atoms with van der Waals surface area (Å²) in [4.78, 5) is 28.9. The van der Waals surface area contributed by atoms with E-state index in [0.29, 0.717) is 24.4 Å². The van der Waals surface area contributed by atoms with Crippen LogP contribution in [0.4, 0.5) is 10.5 Å². The Balaban J connectivity index is 1.59. The van der Waals surface area contributed by atoms with Crippen LogP contribution in [0.2, 0.25) is 0 Å². The third-order valence-corrected chi connectivity index (χ3v) is 4.48. The van der Waals surface area contributed by atoms with E-state index in [-0.39, 0.29) is 5.78 Å². The first-order valence-corrected chi connectivity index (χ1v) is 10.0. The van der Waals surface area contributed by atoms with Crippen LogP contribution in [0.3, 0.4) is 0 Å². The number of hydrogen-bond donors (Lipinski definition) is 1. The number of benzene rings is 2. The van der Waals surface area contributed by atoms with E-state index < -0.39 is 11.7 Å². The van der Waals surface area contributed by atoms with Crippen molar-refractivity contribution in [2.45, 2.75) is 39.2 Å². The van der Waals surface area contributed by atoms with Gasteiger partial charge >= 0.3 is 6.09 Å². The van der Waals surface area contributed by atoms with Crippen molar-refractivity contribution in [2.24, 2.45) is 0 Å². The number of imidazole rings is 1. The van der Waals surface area contributed by atoms with Gasteiger partial charge in [-0.3, -0.25) is 14.7 Å². The van der Waals surface area contributed by atoms with Crippen LogP contribution >= 0.6 is 0 Å². The molecule has 1 N–H and O–H groups in total. The van der Waals surface area contributed by atoms with Gasteiger partial charge in [-0.2, -0.15) is 0 Å². The van der Waals surface area contributed by atoms with Crippen LogP contribution in [0.25, 0.3) is 5.69 Å². The van der Waals surface area contributed by atoms with Gasteiger partial charge in [0.2, 0.25) is 0 Å². The van der Waals surface area contributed by atoms with Crippen LogP contribution in [0.5, 0.6) is 5.75 Å². The predicted octanol–water partition coefficient (Wildman–Crippen LogP) is 5.04. The monoisotopic (exact) mass is 421 g/mol. The normalized spacial score (nSPS) is 11.1. The molecule has 162 valence electrons. The molecule has 0 saturated carbocycles. The van der Waals surface area contributed by atoms with E-state index in [1.165, 1.54) is 0 Å². The number of ether oxygens (including phenoxy) is 2. The summed E-state index contributed by atoms with van der Waals surface area (Å²) in [5.74, 6) is 1.10. The number of carbonyl (C=O) groups excluding carboxylic acids is 2. The first kappa shape index (κ1) is 22.1. The zero-order chi connectivity index (χ0) is 22.4.